The maximum atomic E-state index is 9.71. The number of hydrogen-bond donors (Lipinski definition) is 1. The van der Waals surface area contributed by atoms with Gasteiger partial charge in [0.15, 0.2) is 0 Å². The van der Waals surface area contributed by atoms with Gasteiger partial charge in [0.2, 0.25) is 0 Å². The van der Waals surface area contributed by atoms with Gasteiger partial charge < -0.3 is 4.74 Å². The molecule has 118 valence electrons. The molecule has 1 N–H and O–H groups in total. The van der Waals surface area contributed by atoms with E-state index in [9.17, 15) is 5.26 Å². The lowest BCUT2D eigenvalue weighted by atomic mass is 9.74. The highest BCUT2D eigenvalue weighted by atomic mass is 16.5. The third-order valence-electron chi connectivity index (χ3n) is 4.62. The van der Waals surface area contributed by atoms with Crippen LogP contribution in [0.4, 0.5) is 0 Å². The molecule has 1 saturated carbocycles. The van der Waals surface area contributed by atoms with Gasteiger partial charge in [-0.25, -0.2) is 0 Å². The number of ether oxygens (including phenoxy) is 1. The van der Waals surface area contributed by atoms with Crippen LogP contribution >= 0.6 is 0 Å². The molecule has 23 heavy (non-hydrogen) atoms. The van der Waals surface area contributed by atoms with Gasteiger partial charge in [0, 0.05) is 6.04 Å². The molecule has 0 amide bonds. The monoisotopic (exact) mass is 306 g/mol. The summed E-state index contributed by atoms with van der Waals surface area (Å²) in [6, 6.07) is 22.9. The minimum Gasteiger partial charge on any atom is -0.370 e. The standard InChI is InChI=1S/C20H22N2O/c1-16(18-10-6-3-7-11-18)22-20(15-21)13-12-19(20)23-14-17-8-4-2-5-9-17/h2-11,16,19,22H,12-14H2,1H3/t16-,19-,20-/m0/s1. The van der Waals surface area contributed by atoms with E-state index in [1.165, 1.54) is 5.56 Å². The Balaban J connectivity index is 1.63. The molecule has 0 saturated heterocycles. The molecular formula is C20H22N2O. The second kappa shape index (κ2) is 6.95. The highest BCUT2D eigenvalue weighted by Gasteiger charge is 2.49. The van der Waals surface area contributed by atoms with Crippen LogP contribution in [0.2, 0.25) is 0 Å². The summed E-state index contributed by atoms with van der Waals surface area (Å²) in [6.07, 6.45) is 1.70. The van der Waals surface area contributed by atoms with Crippen LogP contribution in [0.3, 0.4) is 0 Å². The summed E-state index contributed by atoms with van der Waals surface area (Å²) in [7, 11) is 0. The van der Waals surface area contributed by atoms with Crippen LogP contribution < -0.4 is 5.32 Å². The summed E-state index contributed by atoms with van der Waals surface area (Å²) in [5.41, 5.74) is 1.75. The van der Waals surface area contributed by atoms with Crippen LogP contribution in [0, 0.1) is 11.3 Å². The van der Waals surface area contributed by atoms with Crippen molar-refractivity contribution in [2.75, 3.05) is 0 Å². The Morgan fingerprint density at radius 2 is 1.83 bits per heavy atom. The maximum absolute atomic E-state index is 9.71. The fourth-order valence-electron chi connectivity index (χ4n) is 3.08. The molecule has 0 aliphatic heterocycles. The highest BCUT2D eigenvalue weighted by molar-refractivity contribution is 5.24. The molecule has 1 fully saturated rings. The van der Waals surface area contributed by atoms with Gasteiger partial charge in [-0.3, -0.25) is 5.32 Å². The summed E-state index contributed by atoms with van der Waals surface area (Å²) in [5.74, 6) is 0. The normalized spacial score (nSPS) is 24.4. The van der Waals surface area contributed by atoms with Crippen molar-refractivity contribution in [2.45, 2.75) is 44.1 Å². The van der Waals surface area contributed by atoms with Gasteiger partial charge in [-0.1, -0.05) is 60.7 Å². The van der Waals surface area contributed by atoms with Crippen LogP contribution in [-0.4, -0.2) is 11.6 Å². The largest absolute Gasteiger partial charge is 0.370 e. The zero-order valence-corrected chi connectivity index (χ0v) is 13.4. The predicted octanol–water partition coefficient (Wildman–Crippen LogP) is 3.98. The molecule has 2 aromatic carbocycles. The molecule has 1 aliphatic rings. The van der Waals surface area contributed by atoms with Gasteiger partial charge in [0.05, 0.1) is 18.8 Å². The highest BCUT2D eigenvalue weighted by Crippen LogP contribution is 2.37. The van der Waals surface area contributed by atoms with E-state index in [1.807, 2.05) is 48.5 Å². The second-order valence-corrected chi connectivity index (χ2v) is 6.18. The first-order valence-corrected chi connectivity index (χ1v) is 8.13. The molecule has 0 heterocycles. The third kappa shape index (κ3) is 3.44. The minimum atomic E-state index is -0.579. The maximum Gasteiger partial charge on any atom is 0.133 e. The van der Waals surface area contributed by atoms with E-state index in [4.69, 9.17) is 4.74 Å². The molecule has 0 unspecified atom stereocenters. The van der Waals surface area contributed by atoms with E-state index in [2.05, 4.69) is 30.4 Å². The van der Waals surface area contributed by atoms with E-state index in [-0.39, 0.29) is 12.1 Å². The van der Waals surface area contributed by atoms with E-state index in [1.54, 1.807) is 0 Å². The smallest absolute Gasteiger partial charge is 0.133 e. The van der Waals surface area contributed by atoms with Crippen LogP contribution in [0.25, 0.3) is 0 Å². The van der Waals surface area contributed by atoms with Crippen molar-refractivity contribution in [2.24, 2.45) is 0 Å². The quantitative estimate of drug-likeness (QED) is 0.878. The van der Waals surface area contributed by atoms with Gasteiger partial charge in [-0.05, 0) is 30.9 Å². The van der Waals surface area contributed by atoms with Crippen molar-refractivity contribution in [3.05, 3.63) is 71.8 Å². The Morgan fingerprint density at radius 1 is 1.17 bits per heavy atom. The van der Waals surface area contributed by atoms with Crippen molar-refractivity contribution in [1.82, 2.24) is 5.32 Å². The topological polar surface area (TPSA) is 45.0 Å². The molecule has 3 heteroatoms. The number of hydrogen-bond acceptors (Lipinski definition) is 3. The molecule has 2 aromatic rings. The van der Waals surface area contributed by atoms with Crippen molar-refractivity contribution < 1.29 is 4.74 Å². The molecule has 0 radical (unpaired) electrons. The molecule has 3 rings (SSSR count). The summed E-state index contributed by atoms with van der Waals surface area (Å²) >= 11 is 0. The van der Waals surface area contributed by atoms with Gasteiger partial charge in [0.25, 0.3) is 0 Å². The van der Waals surface area contributed by atoms with Gasteiger partial charge in [0.1, 0.15) is 5.54 Å². The number of nitriles is 1. The summed E-state index contributed by atoms with van der Waals surface area (Å²) in [4.78, 5) is 0. The zero-order chi connectivity index (χ0) is 16.1. The molecule has 0 spiro atoms. The Morgan fingerprint density at radius 3 is 2.39 bits per heavy atom. The molecule has 0 aromatic heterocycles. The molecule has 0 bridgehead atoms. The van der Waals surface area contributed by atoms with Gasteiger partial charge in [-0.2, -0.15) is 5.26 Å². The lowest BCUT2D eigenvalue weighted by Gasteiger charge is -2.46. The van der Waals surface area contributed by atoms with E-state index in [0.29, 0.717) is 6.61 Å². The fourth-order valence-corrected chi connectivity index (χ4v) is 3.08. The van der Waals surface area contributed by atoms with Crippen molar-refractivity contribution in [3.63, 3.8) is 0 Å². The number of rotatable bonds is 6. The second-order valence-electron chi connectivity index (χ2n) is 6.18. The number of nitrogens with zero attached hydrogens (tertiary/aromatic N) is 1. The van der Waals surface area contributed by atoms with Gasteiger partial charge >= 0.3 is 0 Å². The minimum absolute atomic E-state index is 0.0566. The average Bonchev–Trinajstić information content (AvgIpc) is 2.60. The predicted molar refractivity (Wildman–Crippen MR) is 90.6 cm³/mol. The average molecular weight is 306 g/mol. The van der Waals surface area contributed by atoms with Crippen LogP contribution in [0.1, 0.15) is 36.9 Å². The Bertz CT molecular complexity index is 665. The first kappa shape index (κ1) is 15.7. The lowest BCUT2D eigenvalue weighted by molar-refractivity contribution is -0.0674. The Labute approximate surface area is 137 Å². The molecular weight excluding hydrogens is 284 g/mol. The summed E-state index contributed by atoms with van der Waals surface area (Å²) in [6.45, 7) is 2.65. The molecule has 3 nitrogen and oxygen atoms in total. The van der Waals surface area contributed by atoms with Crippen molar-refractivity contribution in [1.29, 1.82) is 5.26 Å². The van der Waals surface area contributed by atoms with Crippen LogP contribution in [-0.2, 0) is 11.3 Å². The fraction of sp³-hybridized carbons (Fsp3) is 0.350. The first-order valence-electron chi connectivity index (χ1n) is 8.13. The van der Waals surface area contributed by atoms with Crippen molar-refractivity contribution >= 4 is 0 Å². The number of benzene rings is 2. The van der Waals surface area contributed by atoms with Crippen LogP contribution in [0.15, 0.2) is 60.7 Å². The third-order valence-corrected chi connectivity index (χ3v) is 4.62. The first-order chi connectivity index (χ1) is 11.2. The Hall–Kier alpha value is -2.15. The SMILES string of the molecule is C[C@H](N[C@]1(C#N)CC[C@@H]1OCc1ccccc1)c1ccccc1. The molecule has 1 aliphatic carbocycles. The van der Waals surface area contributed by atoms with E-state index in [0.717, 1.165) is 18.4 Å². The van der Waals surface area contributed by atoms with E-state index >= 15 is 0 Å². The number of nitrogens with one attached hydrogen (secondary N) is 1. The van der Waals surface area contributed by atoms with Crippen LogP contribution in [0.5, 0.6) is 0 Å². The van der Waals surface area contributed by atoms with E-state index < -0.39 is 5.54 Å². The van der Waals surface area contributed by atoms with Gasteiger partial charge in [-0.15, -0.1) is 0 Å². The zero-order valence-electron chi connectivity index (χ0n) is 13.4. The Kier molecular flexibility index (Phi) is 4.76. The lowest BCUT2D eigenvalue weighted by Crippen LogP contribution is -2.62. The summed E-state index contributed by atoms with van der Waals surface area (Å²) in [5, 5.41) is 13.2. The molecule has 3 atom stereocenters. The van der Waals surface area contributed by atoms with Crippen molar-refractivity contribution in [3.8, 4) is 6.07 Å². The summed E-state index contributed by atoms with van der Waals surface area (Å²) < 4.78 is 6.02.